The first-order valence-corrected chi connectivity index (χ1v) is 5.74. The molecule has 1 heterocycles. The van der Waals surface area contributed by atoms with Crippen LogP contribution in [0.3, 0.4) is 0 Å². The highest BCUT2D eigenvalue weighted by Crippen LogP contribution is 2.21. The summed E-state index contributed by atoms with van der Waals surface area (Å²) in [5, 5.41) is 0.346. The van der Waals surface area contributed by atoms with Crippen LogP contribution in [0, 0.1) is 11.7 Å². The number of nitrogens with two attached hydrogens (primary N) is 1. The SMILES string of the molecule is CC(C)CCSc1nc(NN)ncc1F. The molecule has 6 heteroatoms. The number of hydrogen-bond acceptors (Lipinski definition) is 5. The number of nitrogens with zero attached hydrogens (tertiary/aromatic N) is 2. The van der Waals surface area contributed by atoms with Crippen LogP contribution in [0.4, 0.5) is 10.3 Å². The lowest BCUT2D eigenvalue weighted by molar-refractivity contribution is 0.578. The molecule has 3 N–H and O–H groups in total. The van der Waals surface area contributed by atoms with E-state index < -0.39 is 5.82 Å². The van der Waals surface area contributed by atoms with Gasteiger partial charge in [0.1, 0.15) is 5.03 Å². The molecule has 84 valence electrons. The second-order valence-electron chi connectivity index (χ2n) is 3.52. The van der Waals surface area contributed by atoms with Crippen molar-refractivity contribution in [3.63, 3.8) is 0 Å². The summed E-state index contributed by atoms with van der Waals surface area (Å²) in [6.07, 6.45) is 2.15. The van der Waals surface area contributed by atoms with Crippen LogP contribution in [0.1, 0.15) is 20.3 Å². The van der Waals surface area contributed by atoms with Crippen molar-refractivity contribution >= 4 is 17.7 Å². The predicted octanol–water partition coefficient (Wildman–Crippen LogP) is 2.04. The molecule has 15 heavy (non-hydrogen) atoms. The third kappa shape index (κ3) is 4.01. The lowest BCUT2D eigenvalue weighted by atomic mass is 10.2. The Bertz CT molecular complexity index is 319. The van der Waals surface area contributed by atoms with Crippen molar-refractivity contribution < 1.29 is 4.39 Å². The summed E-state index contributed by atoms with van der Waals surface area (Å²) in [6.45, 7) is 4.26. The molecule has 0 aliphatic heterocycles. The molecule has 0 saturated carbocycles. The van der Waals surface area contributed by atoms with Crippen molar-refractivity contribution in [2.75, 3.05) is 11.2 Å². The van der Waals surface area contributed by atoms with Crippen LogP contribution >= 0.6 is 11.8 Å². The summed E-state index contributed by atoms with van der Waals surface area (Å²) in [7, 11) is 0. The van der Waals surface area contributed by atoms with Crippen LogP contribution in [0.15, 0.2) is 11.2 Å². The van der Waals surface area contributed by atoms with Crippen molar-refractivity contribution in [2.24, 2.45) is 11.8 Å². The quantitative estimate of drug-likeness (QED) is 0.351. The Hall–Kier alpha value is -0.880. The van der Waals surface area contributed by atoms with Gasteiger partial charge >= 0.3 is 0 Å². The number of rotatable bonds is 5. The Morgan fingerprint density at radius 2 is 2.33 bits per heavy atom. The summed E-state index contributed by atoms with van der Waals surface area (Å²) >= 11 is 1.38. The summed E-state index contributed by atoms with van der Waals surface area (Å²) < 4.78 is 13.2. The average Bonchev–Trinajstić information content (AvgIpc) is 2.20. The number of hydrazine groups is 1. The topological polar surface area (TPSA) is 63.8 Å². The summed E-state index contributed by atoms with van der Waals surface area (Å²) in [4.78, 5) is 7.59. The van der Waals surface area contributed by atoms with Crippen LogP contribution in [0.5, 0.6) is 0 Å². The first-order chi connectivity index (χ1) is 7.13. The molecule has 4 nitrogen and oxygen atoms in total. The van der Waals surface area contributed by atoms with Gasteiger partial charge < -0.3 is 0 Å². The minimum atomic E-state index is -0.400. The Labute approximate surface area is 92.8 Å². The maximum absolute atomic E-state index is 13.2. The van der Waals surface area contributed by atoms with E-state index >= 15 is 0 Å². The molecule has 1 aromatic rings. The normalized spacial score (nSPS) is 10.7. The van der Waals surface area contributed by atoms with Gasteiger partial charge in [-0.3, -0.25) is 5.43 Å². The number of anilines is 1. The Morgan fingerprint density at radius 3 is 2.93 bits per heavy atom. The van der Waals surface area contributed by atoms with Gasteiger partial charge in [0.25, 0.3) is 0 Å². The van der Waals surface area contributed by atoms with Crippen LogP contribution < -0.4 is 11.3 Å². The smallest absolute Gasteiger partial charge is 0.238 e. The van der Waals surface area contributed by atoms with E-state index in [2.05, 4.69) is 29.2 Å². The molecule has 0 spiro atoms. The fraction of sp³-hybridized carbons (Fsp3) is 0.556. The molecular formula is C9H15FN4S. The van der Waals surface area contributed by atoms with E-state index in [0.717, 1.165) is 18.4 Å². The second-order valence-corrected chi connectivity index (χ2v) is 4.61. The third-order valence-corrected chi connectivity index (χ3v) is 2.77. The average molecular weight is 230 g/mol. The first-order valence-electron chi connectivity index (χ1n) is 4.75. The van der Waals surface area contributed by atoms with E-state index in [-0.39, 0.29) is 5.95 Å². The summed E-state index contributed by atoms with van der Waals surface area (Å²) in [6, 6.07) is 0. The van der Waals surface area contributed by atoms with Gasteiger partial charge in [0, 0.05) is 0 Å². The predicted molar refractivity (Wildman–Crippen MR) is 60.0 cm³/mol. The van der Waals surface area contributed by atoms with Crippen LogP contribution in [0.25, 0.3) is 0 Å². The fourth-order valence-electron chi connectivity index (χ4n) is 0.914. The third-order valence-electron chi connectivity index (χ3n) is 1.78. The van der Waals surface area contributed by atoms with Gasteiger partial charge in [-0.25, -0.2) is 20.2 Å². The lowest BCUT2D eigenvalue weighted by Gasteiger charge is -2.05. The van der Waals surface area contributed by atoms with Crippen LogP contribution in [-0.2, 0) is 0 Å². The van der Waals surface area contributed by atoms with Crippen molar-refractivity contribution in [3.05, 3.63) is 12.0 Å². The molecule has 0 bridgehead atoms. The largest absolute Gasteiger partial charge is 0.292 e. The Balaban J connectivity index is 2.59. The molecular weight excluding hydrogens is 215 g/mol. The minimum absolute atomic E-state index is 0.239. The maximum atomic E-state index is 13.2. The molecule has 0 unspecified atom stereocenters. The van der Waals surface area contributed by atoms with Gasteiger partial charge in [0.2, 0.25) is 5.95 Å². The molecule has 1 rings (SSSR count). The monoisotopic (exact) mass is 230 g/mol. The highest BCUT2D eigenvalue weighted by Gasteiger charge is 2.07. The molecule has 0 fully saturated rings. The van der Waals surface area contributed by atoms with E-state index in [1.165, 1.54) is 11.8 Å². The second kappa shape index (κ2) is 5.87. The first kappa shape index (κ1) is 12.2. The van der Waals surface area contributed by atoms with Crippen molar-refractivity contribution in [1.82, 2.24) is 9.97 Å². The Morgan fingerprint density at radius 1 is 1.60 bits per heavy atom. The maximum Gasteiger partial charge on any atom is 0.238 e. The molecule has 0 aliphatic carbocycles. The van der Waals surface area contributed by atoms with E-state index in [9.17, 15) is 4.39 Å². The van der Waals surface area contributed by atoms with Crippen molar-refractivity contribution in [1.29, 1.82) is 0 Å². The molecule has 0 aliphatic rings. The zero-order valence-corrected chi connectivity index (χ0v) is 9.64. The van der Waals surface area contributed by atoms with E-state index in [1.807, 2.05) is 0 Å². The van der Waals surface area contributed by atoms with Gasteiger partial charge in [-0.05, 0) is 18.1 Å². The van der Waals surface area contributed by atoms with Gasteiger partial charge in [-0.15, -0.1) is 11.8 Å². The number of aromatic nitrogens is 2. The summed E-state index contributed by atoms with van der Waals surface area (Å²) in [5.74, 6) is 6.43. The molecule has 0 saturated heterocycles. The number of nitrogens with one attached hydrogen (secondary N) is 1. The van der Waals surface area contributed by atoms with Crippen molar-refractivity contribution in [2.45, 2.75) is 25.3 Å². The molecule has 0 aromatic carbocycles. The molecule has 0 amide bonds. The lowest BCUT2D eigenvalue weighted by Crippen LogP contribution is -2.11. The van der Waals surface area contributed by atoms with E-state index in [4.69, 9.17) is 5.84 Å². The van der Waals surface area contributed by atoms with Gasteiger partial charge in [0.05, 0.1) is 6.20 Å². The van der Waals surface area contributed by atoms with E-state index in [1.54, 1.807) is 0 Å². The number of hydrogen-bond donors (Lipinski definition) is 2. The standard InChI is InChI=1S/C9H15FN4S/c1-6(2)3-4-15-8-7(10)5-12-9(13-8)14-11/h5-6H,3-4,11H2,1-2H3,(H,12,13,14). The number of thioether (sulfide) groups is 1. The highest BCUT2D eigenvalue weighted by atomic mass is 32.2. The number of nitrogen functional groups attached to an aromatic ring is 1. The minimum Gasteiger partial charge on any atom is -0.292 e. The molecule has 0 atom stereocenters. The van der Waals surface area contributed by atoms with Gasteiger partial charge in [0.15, 0.2) is 5.82 Å². The zero-order valence-electron chi connectivity index (χ0n) is 8.83. The van der Waals surface area contributed by atoms with E-state index in [0.29, 0.717) is 10.9 Å². The summed E-state index contributed by atoms with van der Waals surface area (Å²) in [5.41, 5.74) is 2.29. The van der Waals surface area contributed by atoms with Crippen LogP contribution in [-0.4, -0.2) is 15.7 Å². The van der Waals surface area contributed by atoms with Crippen LogP contribution in [0.2, 0.25) is 0 Å². The zero-order chi connectivity index (χ0) is 11.3. The van der Waals surface area contributed by atoms with Crippen molar-refractivity contribution in [3.8, 4) is 0 Å². The fourth-order valence-corrected chi connectivity index (χ4v) is 2.04. The molecule has 1 aromatic heterocycles. The number of halogens is 1. The van der Waals surface area contributed by atoms with Gasteiger partial charge in [-0.1, -0.05) is 13.8 Å². The highest BCUT2D eigenvalue weighted by molar-refractivity contribution is 7.99. The van der Waals surface area contributed by atoms with Gasteiger partial charge in [-0.2, -0.15) is 0 Å². The molecule has 0 radical (unpaired) electrons. The Kier molecular flexibility index (Phi) is 4.77.